The van der Waals surface area contributed by atoms with Crippen molar-refractivity contribution in [1.29, 1.82) is 0 Å². The molecule has 0 aliphatic carbocycles. The minimum atomic E-state index is -1.41. The molecule has 3 heteroatoms. The summed E-state index contributed by atoms with van der Waals surface area (Å²) in [5.74, 6) is 1.61. The lowest BCUT2D eigenvalue weighted by molar-refractivity contribution is 0.569. The van der Waals surface area contributed by atoms with E-state index in [0.29, 0.717) is 0 Å². The van der Waals surface area contributed by atoms with Crippen molar-refractivity contribution in [1.82, 2.24) is 0 Å². The Balaban J connectivity index is 2.48. The van der Waals surface area contributed by atoms with Gasteiger partial charge in [-0.05, 0) is 11.1 Å². The van der Waals surface area contributed by atoms with Crippen LogP contribution in [0.2, 0.25) is 0 Å². The molecule has 2 aromatic rings. The Morgan fingerprint density at radius 1 is 0.889 bits per heavy atom. The van der Waals surface area contributed by atoms with E-state index < -0.39 is 10.8 Å². The molecule has 0 spiro atoms. The minimum Gasteiger partial charge on any atom is -0.253 e. The van der Waals surface area contributed by atoms with Gasteiger partial charge >= 0.3 is 0 Å². The van der Waals surface area contributed by atoms with Crippen LogP contribution >= 0.6 is 0 Å². The van der Waals surface area contributed by atoms with Gasteiger partial charge in [-0.25, -0.2) is 4.79 Å². The monoisotopic (exact) mass is 256 g/mol. The Bertz CT molecular complexity index is 532. The van der Waals surface area contributed by atoms with E-state index in [1.54, 1.807) is 5.94 Å². The summed E-state index contributed by atoms with van der Waals surface area (Å²) in [6.45, 7) is 0. The lowest BCUT2D eigenvalue weighted by Gasteiger charge is -2.14. The van der Waals surface area contributed by atoms with Crippen LogP contribution in [0.1, 0.15) is 16.4 Å². The van der Waals surface area contributed by atoms with Crippen LogP contribution in [0.4, 0.5) is 0 Å². The summed E-state index contributed by atoms with van der Waals surface area (Å²) in [6, 6.07) is 19.0. The van der Waals surface area contributed by atoms with Gasteiger partial charge in [-0.1, -0.05) is 60.7 Å². The van der Waals surface area contributed by atoms with Crippen molar-refractivity contribution in [2.75, 3.05) is 0 Å². The molecular formula is C15H12O2S. The zero-order valence-electron chi connectivity index (χ0n) is 9.65. The number of rotatable bonds is 4. The number of carbonyl (C=O) groups excluding carboxylic acids is 1. The highest BCUT2D eigenvalue weighted by atomic mass is 32.2. The van der Waals surface area contributed by atoms with Gasteiger partial charge < -0.3 is 0 Å². The van der Waals surface area contributed by atoms with Crippen molar-refractivity contribution in [3.05, 3.63) is 77.2 Å². The molecule has 0 bridgehead atoms. The van der Waals surface area contributed by atoms with E-state index in [2.05, 4.69) is 0 Å². The summed E-state index contributed by atoms with van der Waals surface area (Å²) in [7, 11) is -1.41. The van der Waals surface area contributed by atoms with E-state index in [-0.39, 0.29) is 5.25 Å². The minimum absolute atomic E-state index is 0.325. The molecule has 0 saturated carbocycles. The maximum absolute atomic E-state index is 12.1. The lowest BCUT2D eigenvalue weighted by Crippen LogP contribution is -2.06. The molecule has 2 rings (SSSR count). The molecule has 0 radical (unpaired) electrons. The standard InChI is InChI=1S/C15H12O2S/c16-11-12-18(17)15(13-7-3-1-4-8-13)14-9-5-2-6-10-14/h1-10,12,15H. The van der Waals surface area contributed by atoms with E-state index in [1.165, 1.54) is 0 Å². The molecular weight excluding hydrogens is 244 g/mol. The molecule has 1 unspecified atom stereocenters. The molecule has 2 aromatic carbocycles. The van der Waals surface area contributed by atoms with E-state index in [0.717, 1.165) is 16.5 Å². The highest BCUT2D eigenvalue weighted by Crippen LogP contribution is 2.28. The Morgan fingerprint density at radius 2 is 1.33 bits per heavy atom. The molecule has 0 aromatic heterocycles. The predicted octanol–water partition coefficient (Wildman–Crippen LogP) is 2.87. The SMILES string of the molecule is O=C=CS(=O)C(c1ccccc1)c1ccccc1. The van der Waals surface area contributed by atoms with E-state index in [4.69, 9.17) is 0 Å². The van der Waals surface area contributed by atoms with Gasteiger partial charge in [0.15, 0.2) is 0 Å². The van der Waals surface area contributed by atoms with Crippen molar-refractivity contribution in [2.24, 2.45) is 0 Å². The van der Waals surface area contributed by atoms with Gasteiger partial charge in [-0.3, -0.25) is 4.21 Å². The summed E-state index contributed by atoms with van der Waals surface area (Å²) >= 11 is 0. The average Bonchev–Trinajstić information content (AvgIpc) is 2.42. The van der Waals surface area contributed by atoms with Crippen molar-refractivity contribution in [3.8, 4) is 0 Å². The fourth-order valence-electron chi connectivity index (χ4n) is 1.83. The van der Waals surface area contributed by atoms with Crippen molar-refractivity contribution < 1.29 is 9.00 Å². The molecule has 0 amide bonds. The normalized spacial score (nSPS) is 11.8. The molecule has 18 heavy (non-hydrogen) atoms. The first-order chi connectivity index (χ1) is 8.83. The smallest absolute Gasteiger partial charge is 0.134 e. The van der Waals surface area contributed by atoms with Crippen LogP contribution < -0.4 is 0 Å². The number of hydrogen-bond acceptors (Lipinski definition) is 2. The highest BCUT2D eigenvalue weighted by Gasteiger charge is 2.19. The van der Waals surface area contributed by atoms with Crippen molar-refractivity contribution in [3.63, 3.8) is 0 Å². The zero-order chi connectivity index (χ0) is 12.8. The second-order valence-corrected chi connectivity index (χ2v) is 5.13. The summed E-state index contributed by atoms with van der Waals surface area (Å²) < 4.78 is 12.1. The Kier molecular flexibility index (Phi) is 4.24. The van der Waals surface area contributed by atoms with Crippen LogP contribution in [0.3, 0.4) is 0 Å². The third-order valence-electron chi connectivity index (χ3n) is 2.60. The molecule has 0 aliphatic rings. The van der Waals surface area contributed by atoms with Crippen LogP contribution in [-0.2, 0) is 15.6 Å². The average molecular weight is 256 g/mol. The quantitative estimate of drug-likeness (QED) is 0.788. The largest absolute Gasteiger partial charge is 0.253 e. The molecule has 90 valence electrons. The molecule has 0 aliphatic heterocycles. The van der Waals surface area contributed by atoms with Gasteiger partial charge in [0.25, 0.3) is 0 Å². The van der Waals surface area contributed by atoms with E-state index in [9.17, 15) is 9.00 Å². The van der Waals surface area contributed by atoms with Gasteiger partial charge in [0, 0.05) is 0 Å². The van der Waals surface area contributed by atoms with Gasteiger partial charge in [-0.15, -0.1) is 0 Å². The van der Waals surface area contributed by atoms with Crippen LogP contribution in [0.25, 0.3) is 0 Å². The summed E-state index contributed by atoms with van der Waals surface area (Å²) in [6.07, 6.45) is 0. The van der Waals surface area contributed by atoms with Gasteiger partial charge in [0.05, 0.1) is 21.5 Å². The Labute approximate surface area is 108 Å². The van der Waals surface area contributed by atoms with E-state index >= 15 is 0 Å². The Morgan fingerprint density at radius 3 is 1.72 bits per heavy atom. The molecule has 0 heterocycles. The Hall–Kier alpha value is -1.96. The van der Waals surface area contributed by atoms with Crippen molar-refractivity contribution >= 4 is 16.7 Å². The maximum atomic E-state index is 12.1. The van der Waals surface area contributed by atoms with Crippen LogP contribution in [0.5, 0.6) is 0 Å². The summed E-state index contributed by atoms with van der Waals surface area (Å²) in [5.41, 5.74) is 1.85. The molecule has 1 atom stereocenters. The van der Waals surface area contributed by atoms with Gasteiger partial charge in [-0.2, -0.15) is 0 Å². The highest BCUT2D eigenvalue weighted by molar-refractivity contribution is 7.88. The number of benzene rings is 2. The maximum Gasteiger partial charge on any atom is 0.134 e. The topological polar surface area (TPSA) is 34.1 Å². The number of hydrogen-bond donors (Lipinski definition) is 0. The molecule has 0 saturated heterocycles. The van der Waals surface area contributed by atoms with Gasteiger partial charge in [0.1, 0.15) is 5.94 Å². The molecule has 0 N–H and O–H groups in total. The molecule has 2 nitrogen and oxygen atoms in total. The zero-order valence-corrected chi connectivity index (χ0v) is 10.5. The molecule has 0 fully saturated rings. The predicted molar refractivity (Wildman–Crippen MR) is 73.1 cm³/mol. The summed E-state index contributed by atoms with van der Waals surface area (Å²) in [5, 5.41) is 0.749. The third kappa shape index (κ3) is 2.83. The lowest BCUT2D eigenvalue weighted by atomic mass is 10.0. The first-order valence-corrected chi connectivity index (χ1v) is 6.81. The second kappa shape index (κ2) is 6.10. The van der Waals surface area contributed by atoms with Crippen LogP contribution in [0, 0.1) is 0 Å². The first kappa shape index (κ1) is 12.5. The fourth-order valence-corrected chi connectivity index (χ4v) is 2.91. The van der Waals surface area contributed by atoms with Crippen molar-refractivity contribution in [2.45, 2.75) is 5.25 Å². The fraction of sp³-hybridized carbons (Fsp3) is 0.0667. The van der Waals surface area contributed by atoms with Crippen LogP contribution in [0.15, 0.2) is 66.1 Å². The van der Waals surface area contributed by atoms with E-state index in [1.807, 2.05) is 60.7 Å². The van der Waals surface area contributed by atoms with Crippen LogP contribution in [-0.4, -0.2) is 10.2 Å². The first-order valence-electron chi connectivity index (χ1n) is 5.53. The summed E-state index contributed by atoms with van der Waals surface area (Å²) in [4.78, 5) is 10.4. The van der Waals surface area contributed by atoms with Gasteiger partial charge in [0.2, 0.25) is 0 Å². The third-order valence-corrected chi connectivity index (χ3v) is 3.94. The second-order valence-electron chi connectivity index (χ2n) is 3.77.